The molecule has 0 aromatic heterocycles. The van der Waals surface area contributed by atoms with Crippen molar-refractivity contribution in [2.75, 3.05) is 11.9 Å². The summed E-state index contributed by atoms with van der Waals surface area (Å²) in [5.41, 5.74) is -1.11. The molecule has 0 bridgehead atoms. The quantitative estimate of drug-likeness (QED) is 0.618. The number of benzene rings is 1. The van der Waals surface area contributed by atoms with E-state index < -0.39 is 28.0 Å². The van der Waals surface area contributed by atoms with Crippen LogP contribution >= 0.6 is 0 Å². The number of nitrogens with one attached hydrogen (secondary N) is 1. The van der Waals surface area contributed by atoms with Crippen LogP contribution < -0.4 is 5.32 Å². The summed E-state index contributed by atoms with van der Waals surface area (Å²) in [7, 11) is 0. The zero-order valence-electron chi connectivity index (χ0n) is 11.0. The van der Waals surface area contributed by atoms with Gasteiger partial charge in [0, 0.05) is 6.54 Å². The summed E-state index contributed by atoms with van der Waals surface area (Å²) in [6, 6.07) is 1.64. The van der Waals surface area contributed by atoms with Crippen molar-refractivity contribution < 1.29 is 19.2 Å². The summed E-state index contributed by atoms with van der Waals surface area (Å²) in [5.74, 6) is -2.26. The van der Waals surface area contributed by atoms with Gasteiger partial charge in [-0.3, -0.25) is 10.1 Å². The SMILES string of the molecule is CCC1(CNc2cc(C(=O)O)c([N+](=O)[O-])cc2F)CC1. The number of carboxylic acid groups (broad SMARTS) is 1. The Bertz CT molecular complexity index is 570. The van der Waals surface area contributed by atoms with Crippen LogP contribution in [0.5, 0.6) is 0 Å². The fourth-order valence-electron chi connectivity index (χ4n) is 2.14. The molecule has 1 aromatic carbocycles. The summed E-state index contributed by atoms with van der Waals surface area (Å²) in [4.78, 5) is 20.8. The average molecular weight is 282 g/mol. The van der Waals surface area contributed by atoms with Crippen LogP contribution in [0, 0.1) is 21.3 Å². The molecule has 20 heavy (non-hydrogen) atoms. The Labute approximate surface area is 114 Å². The molecule has 2 rings (SSSR count). The molecular formula is C13H15FN2O4. The predicted molar refractivity (Wildman–Crippen MR) is 70.5 cm³/mol. The van der Waals surface area contributed by atoms with Crippen LogP contribution in [-0.2, 0) is 0 Å². The average Bonchev–Trinajstić information content (AvgIpc) is 3.17. The molecule has 0 amide bonds. The molecule has 2 N–H and O–H groups in total. The van der Waals surface area contributed by atoms with Gasteiger partial charge in [-0.15, -0.1) is 0 Å². The number of hydrogen-bond acceptors (Lipinski definition) is 4. The molecule has 1 fully saturated rings. The highest BCUT2D eigenvalue weighted by atomic mass is 19.1. The van der Waals surface area contributed by atoms with Crippen LogP contribution in [0.1, 0.15) is 36.5 Å². The van der Waals surface area contributed by atoms with Crippen molar-refractivity contribution in [3.63, 3.8) is 0 Å². The predicted octanol–water partition coefficient (Wildman–Crippen LogP) is 3.03. The molecule has 1 saturated carbocycles. The molecule has 108 valence electrons. The normalized spacial score (nSPS) is 15.7. The molecule has 0 heterocycles. The van der Waals surface area contributed by atoms with Crippen LogP contribution in [-0.4, -0.2) is 22.5 Å². The number of nitrogens with zero attached hydrogens (tertiary/aromatic N) is 1. The lowest BCUT2D eigenvalue weighted by atomic mass is 10.0. The standard InChI is InChI=1S/C13H15FN2O4/c1-2-13(3-4-13)7-15-10-5-8(12(17)18)11(16(19)20)6-9(10)14/h5-6,15H,2-4,7H2,1H3,(H,17,18). The molecule has 1 aliphatic carbocycles. The van der Waals surface area contributed by atoms with Crippen molar-refractivity contribution in [2.45, 2.75) is 26.2 Å². The van der Waals surface area contributed by atoms with Gasteiger partial charge >= 0.3 is 5.97 Å². The van der Waals surface area contributed by atoms with Crippen LogP contribution in [0.2, 0.25) is 0 Å². The summed E-state index contributed by atoms with van der Waals surface area (Å²) >= 11 is 0. The lowest BCUT2D eigenvalue weighted by molar-refractivity contribution is -0.385. The minimum atomic E-state index is -1.45. The second kappa shape index (κ2) is 5.07. The minimum absolute atomic E-state index is 0.00674. The molecule has 6 nitrogen and oxygen atoms in total. The third-order valence-electron chi connectivity index (χ3n) is 3.87. The Morgan fingerprint density at radius 1 is 1.55 bits per heavy atom. The first kappa shape index (κ1) is 14.2. The number of anilines is 1. The third kappa shape index (κ3) is 2.71. The van der Waals surface area contributed by atoms with Gasteiger partial charge in [0.05, 0.1) is 16.7 Å². The van der Waals surface area contributed by atoms with Crippen LogP contribution in [0.4, 0.5) is 15.8 Å². The second-order valence-electron chi connectivity index (χ2n) is 5.12. The van der Waals surface area contributed by atoms with Gasteiger partial charge in [0.15, 0.2) is 5.82 Å². The van der Waals surface area contributed by atoms with Crippen molar-refractivity contribution >= 4 is 17.3 Å². The number of nitro groups is 1. The van der Waals surface area contributed by atoms with E-state index in [4.69, 9.17) is 5.11 Å². The topological polar surface area (TPSA) is 92.5 Å². The fourth-order valence-corrected chi connectivity index (χ4v) is 2.14. The lowest BCUT2D eigenvalue weighted by Crippen LogP contribution is -2.16. The third-order valence-corrected chi connectivity index (χ3v) is 3.87. The molecule has 0 unspecified atom stereocenters. The zero-order chi connectivity index (χ0) is 14.9. The van der Waals surface area contributed by atoms with Crippen LogP contribution in [0.3, 0.4) is 0 Å². The van der Waals surface area contributed by atoms with E-state index in [2.05, 4.69) is 5.32 Å². The first-order valence-corrected chi connectivity index (χ1v) is 6.34. The van der Waals surface area contributed by atoms with E-state index in [1.54, 1.807) is 0 Å². The van der Waals surface area contributed by atoms with E-state index in [1.165, 1.54) is 0 Å². The van der Waals surface area contributed by atoms with E-state index in [0.717, 1.165) is 25.3 Å². The highest BCUT2D eigenvalue weighted by Gasteiger charge is 2.40. The second-order valence-corrected chi connectivity index (χ2v) is 5.12. The molecule has 0 atom stereocenters. The number of carbonyl (C=O) groups is 1. The monoisotopic (exact) mass is 282 g/mol. The molecule has 1 aliphatic rings. The Balaban J connectivity index is 2.27. The molecule has 0 aliphatic heterocycles. The van der Waals surface area contributed by atoms with E-state index in [1.807, 2.05) is 6.92 Å². The molecule has 1 aromatic rings. The molecule has 0 saturated heterocycles. The van der Waals surface area contributed by atoms with Gasteiger partial charge in [-0.05, 0) is 30.7 Å². The Morgan fingerprint density at radius 2 is 2.20 bits per heavy atom. The van der Waals surface area contributed by atoms with E-state index in [-0.39, 0.29) is 11.1 Å². The number of nitro benzene ring substituents is 1. The van der Waals surface area contributed by atoms with Crippen LogP contribution in [0.25, 0.3) is 0 Å². The maximum atomic E-state index is 13.8. The van der Waals surface area contributed by atoms with E-state index in [9.17, 15) is 19.3 Å². The highest BCUT2D eigenvalue weighted by Crippen LogP contribution is 2.48. The molecule has 0 spiro atoms. The van der Waals surface area contributed by atoms with Gasteiger partial charge in [-0.2, -0.15) is 0 Å². The van der Waals surface area contributed by atoms with Crippen molar-refractivity contribution in [1.82, 2.24) is 0 Å². The Hall–Kier alpha value is -2.18. The smallest absolute Gasteiger partial charge is 0.342 e. The number of hydrogen-bond donors (Lipinski definition) is 2. The van der Waals surface area contributed by atoms with Crippen molar-refractivity contribution in [3.8, 4) is 0 Å². The van der Waals surface area contributed by atoms with E-state index >= 15 is 0 Å². The summed E-state index contributed by atoms with van der Waals surface area (Å²) in [6.07, 6.45) is 3.06. The highest BCUT2D eigenvalue weighted by molar-refractivity contribution is 5.93. The number of aromatic carboxylic acids is 1. The number of halogens is 1. The molecule has 7 heteroatoms. The lowest BCUT2D eigenvalue weighted by Gasteiger charge is -2.15. The summed E-state index contributed by atoms with van der Waals surface area (Å²) in [5, 5.41) is 22.5. The summed E-state index contributed by atoms with van der Waals surface area (Å²) in [6.45, 7) is 2.58. The van der Waals surface area contributed by atoms with Gasteiger partial charge in [0.25, 0.3) is 5.69 Å². The van der Waals surface area contributed by atoms with Crippen LogP contribution in [0.15, 0.2) is 12.1 Å². The first-order chi connectivity index (χ1) is 9.38. The van der Waals surface area contributed by atoms with Gasteiger partial charge in [0.1, 0.15) is 5.56 Å². The number of rotatable bonds is 6. The maximum absolute atomic E-state index is 13.8. The van der Waals surface area contributed by atoms with Crippen molar-refractivity contribution in [1.29, 1.82) is 0 Å². The van der Waals surface area contributed by atoms with E-state index in [0.29, 0.717) is 12.6 Å². The Morgan fingerprint density at radius 3 is 2.65 bits per heavy atom. The van der Waals surface area contributed by atoms with Gasteiger partial charge in [-0.1, -0.05) is 6.92 Å². The molecular weight excluding hydrogens is 267 g/mol. The largest absolute Gasteiger partial charge is 0.477 e. The van der Waals surface area contributed by atoms with Gasteiger partial charge in [0.2, 0.25) is 0 Å². The molecule has 0 radical (unpaired) electrons. The fraction of sp³-hybridized carbons (Fsp3) is 0.462. The van der Waals surface area contributed by atoms with Gasteiger partial charge in [-0.25, -0.2) is 9.18 Å². The van der Waals surface area contributed by atoms with Crippen molar-refractivity contribution in [2.24, 2.45) is 5.41 Å². The summed E-state index contributed by atoms with van der Waals surface area (Å²) < 4.78 is 13.8. The Kier molecular flexibility index (Phi) is 3.61. The minimum Gasteiger partial charge on any atom is -0.477 e. The van der Waals surface area contributed by atoms with Crippen molar-refractivity contribution in [3.05, 3.63) is 33.6 Å². The first-order valence-electron chi connectivity index (χ1n) is 6.34. The zero-order valence-corrected chi connectivity index (χ0v) is 11.0. The van der Waals surface area contributed by atoms with Gasteiger partial charge < -0.3 is 10.4 Å². The maximum Gasteiger partial charge on any atom is 0.342 e. The number of carboxylic acids is 1.